The molecule has 49 heavy (non-hydrogen) atoms. The van der Waals surface area contributed by atoms with Crippen LogP contribution in [-0.4, -0.2) is 0 Å². The van der Waals surface area contributed by atoms with Crippen molar-refractivity contribution in [2.24, 2.45) is 29.1 Å². The molecule has 6 aliphatic carbocycles. The summed E-state index contributed by atoms with van der Waals surface area (Å²) in [5.74, 6) is 3.47. The van der Waals surface area contributed by atoms with E-state index in [1.165, 1.54) is 89.0 Å². The van der Waals surface area contributed by atoms with Crippen molar-refractivity contribution in [3.8, 4) is 22.3 Å². The van der Waals surface area contributed by atoms with Gasteiger partial charge in [0.2, 0.25) is 0 Å². The number of benzene rings is 5. The molecule has 1 heteroatoms. The Morgan fingerprint density at radius 3 is 1.86 bits per heavy atom. The molecule has 0 amide bonds. The lowest BCUT2D eigenvalue weighted by Crippen LogP contribution is -2.73. The highest BCUT2D eigenvalue weighted by molar-refractivity contribution is 5.89. The number of rotatable bonds is 4. The molecular formula is C48H47N. The van der Waals surface area contributed by atoms with E-state index in [0.717, 1.165) is 23.7 Å². The minimum absolute atomic E-state index is 0.140. The normalized spacial score (nSPS) is 31.3. The topological polar surface area (TPSA) is 3.24 Å². The number of hydrogen-bond donors (Lipinski definition) is 0. The predicted octanol–water partition coefficient (Wildman–Crippen LogP) is 12.5. The lowest BCUT2D eigenvalue weighted by atomic mass is 9.27. The number of hydrogen-bond acceptors (Lipinski definition) is 1. The summed E-state index contributed by atoms with van der Waals surface area (Å²) < 4.78 is 0. The van der Waals surface area contributed by atoms with Gasteiger partial charge in [0.05, 0.1) is 0 Å². The highest BCUT2D eigenvalue weighted by atomic mass is 15.1. The molecule has 11 rings (SSSR count). The number of anilines is 3. The lowest BCUT2D eigenvalue weighted by Gasteiger charge is -2.76. The highest BCUT2D eigenvalue weighted by Gasteiger charge is 2.84. The smallest absolute Gasteiger partial charge is 0.0465 e. The van der Waals surface area contributed by atoms with Crippen molar-refractivity contribution in [2.45, 2.75) is 82.5 Å². The summed E-state index contributed by atoms with van der Waals surface area (Å²) in [6, 6.07) is 44.7. The molecular weight excluding hydrogens is 591 g/mol. The van der Waals surface area contributed by atoms with Crippen molar-refractivity contribution in [3.05, 3.63) is 138 Å². The molecule has 2 bridgehead atoms. The molecule has 0 radical (unpaired) electrons. The monoisotopic (exact) mass is 637 g/mol. The first-order valence-electron chi connectivity index (χ1n) is 19.1. The molecule has 5 aromatic carbocycles. The van der Waals surface area contributed by atoms with Crippen molar-refractivity contribution >= 4 is 17.1 Å². The Balaban J connectivity index is 1.11. The molecule has 5 aromatic rings. The van der Waals surface area contributed by atoms with Gasteiger partial charge in [0.1, 0.15) is 0 Å². The zero-order valence-electron chi connectivity index (χ0n) is 29.5. The molecule has 0 aliphatic heterocycles. The van der Waals surface area contributed by atoms with Gasteiger partial charge in [-0.3, -0.25) is 0 Å². The van der Waals surface area contributed by atoms with Gasteiger partial charge < -0.3 is 4.90 Å². The van der Waals surface area contributed by atoms with E-state index in [1.54, 1.807) is 11.1 Å². The van der Waals surface area contributed by atoms with Crippen LogP contribution in [0.4, 0.5) is 17.1 Å². The number of para-hydroxylation sites is 1. The molecule has 244 valence electrons. The van der Waals surface area contributed by atoms with Crippen LogP contribution in [0.5, 0.6) is 0 Å². The summed E-state index contributed by atoms with van der Waals surface area (Å²) >= 11 is 0. The van der Waals surface area contributed by atoms with Crippen molar-refractivity contribution in [3.63, 3.8) is 0 Å². The van der Waals surface area contributed by atoms with E-state index in [4.69, 9.17) is 0 Å². The third-order valence-electron chi connectivity index (χ3n) is 15.2. The van der Waals surface area contributed by atoms with Crippen LogP contribution in [0.3, 0.4) is 0 Å². The fourth-order valence-corrected chi connectivity index (χ4v) is 13.0. The molecule has 1 nitrogen and oxygen atoms in total. The summed E-state index contributed by atoms with van der Waals surface area (Å²) in [6.45, 7) is 9.77. The van der Waals surface area contributed by atoms with E-state index < -0.39 is 0 Å². The van der Waals surface area contributed by atoms with Crippen LogP contribution in [0, 0.1) is 29.1 Å². The summed E-state index contributed by atoms with van der Waals surface area (Å²) in [5.41, 5.74) is 16.9. The SMILES string of the molecule is CC1(C)CCC(C)(C)c2cc(N(c3ccccc3)c3ccc4c(c3)C3(c5cc(-c6ccccc6)ccc5-4)C4CC5CC6CC3C64C5)ccc21. The summed E-state index contributed by atoms with van der Waals surface area (Å²) in [6.07, 6.45) is 8.29. The van der Waals surface area contributed by atoms with E-state index in [9.17, 15) is 0 Å². The van der Waals surface area contributed by atoms with Crippen LogP contribution in [-0.2, 0) is 16.2 Å². The van der Waals surface area contributed by atoms with Gasteiger partial charge in [0.25, 0.3) is 0 Å². The van der Waals surface area contributed by atoms with Crippen LogP contribution in [0.25, 0.3) is 22.3 Å². The largest absolute Gasteiger partial charge is 0.310 e. The van der Waals surface area contributed by atoms with Gasteiger partial charge in [-0.25, -0.2) is 0 Å². The number of nitrogens with zero attached hydrogens (tertiary/aromatic N) is 1. The Morgan fingerprint density at radius 2 is 1.12 bits per heavy atom. The van der Waals surface area contributed by atoms with Crippen LogP contribution >= 0.6 is 0 Å². The van der Waals surface area contributed by atoms with E-state index in [1.807, 2.05) is 0 Å². The van der Waals surface area contributed by atoms with Crippen molar-refractivity contribution in [2.75, 3.05) is 4.90 Å². The second-order valence-corrected chi connectivity index (χ2v) is 18.1. The van der Waals surface area contributed by atoms with Crippen LogP contribution < -0.4 is 4.90 Å². The minimum atomic E-state index is 0.140. The Bertz CT molecular complexity index is 2170. The zero-order chi connectivity index (χ0) is 32.9. The van der Waals surface area contributed by atoms with E-state index in [0.29, 0.717) is 5.41 Å². The molecule has 2 spiro atoms. The average Bonchev–Trinajstić information content (AvgIpc) is 3.74. The average molecular weight is 638 g/mol. The van der Waals surface area contributed by atoms with Gasteiger partial charge in [0.15, 0.2) is 0 Å². The molecule has 6 atom stereocenters. The molecule has 6 aliphatic rings. The summed E-state index contributed by atoms with van der Waals surface area (Å²) in [7, 11) is 0. The molecule has 4 saturated carbocycles. The molecule has 0 aromatic heterocycles. The second kappa shape index (κ2) is 9.36. The van der Waals surface area contributed by atoms with Crippen LogP contribution in [0.2, 0.25) is 0 Å². The Kier molecular flexibility index (Phi) is 5.49. The Morgan fingerprint density at radius 1 is 0.510 bits per heavy atom. The first-order chi connectivity index (χ1) is 23.7. The highest BCUT2D eigenvalue weighted by Crippen LogP contribution is 2.89. The van der Waals surface area contributed by atoms with Crippen molar-refractivity contribution in [1.82, 2.24) is 0 Å². The minimum Gasteiger partial charge on any atom is -0.310 e. The fraction of sp³-hybridized carbons (Fsp3) is 0.375. The van der Waals surface area contributed by atoms with E-state index >= 15 is 0 Å². The number of fused-ring (bicyclic) bond motifs is 9. The molecule has 4 fully saturated rings. The standard InChI is InChI=1S/C48H47N/c1-45(2)21-22-46(3,4)42-28-36(17-20-39(42)45)49(34-13-9-6-10-14-34)35-16-19-38-37-18-15-32(31-11-7-5-8-12-31)25-40(37)48(41(38)27-35)43-24-30-23-33-26-44(48)47(33,43)29-30/h5-20,25,27-28,30,33,43-44H,21-24,26,29H2,1-4H3. The van der Waals surface area contributed by atoms with Crippen molar-refractivity contribution < 1.29 is 0 Å². The maximum Gasteiger partial charge on any atom is 0.0465 e. The first kappa shape index (κ1) is 28.7. The van der Waals surface area contributed by atoms with E-state index in [-0.39, 0.29) is 16.2 Å². The molecule has 6 unspecified atom stereocenters. The predicted molar refractivity (Wildman–Crippen MR) is 203 cm³/mol. The van der Waals surface area contributed by atoms with Gasteiger partial charge in [-0.1, -0.05) is 100 Å². The van der Waals surface area contributed by atoms with Gasteiger partial charge in [-0.15, -0.1) is 0 Å². The Labute approximate surface area is 292 Å². The maximum absolute atomic E-state index is 2.66. The van der Waals surface area contributed by atoms with Gasteiger partial charge in [0, 0.05) is 22.5 Å². The molecule has 0 N–H and O–H groups in total. The lowest BCUT2D eigenvalue weighted by molar-refractivity contribution is -0.231. The van der Waals surface area contributed by atoms with Gasteiger partial charge in [-0.2, -0.15) is 0 Å². The second-order valence-electron chi connectivity index (χ2n) is 18.1. The zero-order valence-corrected chi connectivity index (χ0v) is 29.5. The third-order valence-corrected chi connectivity index (χ3v) is 15.2. The maximum atomic E-state index is 2.66. The van der Waals surface area contributed by atoms with Crippen LogP contribution in [0.15, 0.2) is 115 Å². The van der Waals surface area contributed by atoms with E-state index in [2.05, 4.69) is 148 Å². The van der Waals surface area contributed by atoms with Gasteiger partial charge in [-0.05, 0) is 165 Å². The Hall–Kier alpha value is -4.10. The fourth-order valence-electron chi connectivity index (χ4n) is 13.0. The summed E-state index contributed by atoms with van der Waals surface area (Å²) in [4.78, 5) is 2.56. The summed E-state index contributed by atoms with van der Waals surface area (Å²) in [5, 5.41) is 0. The van der Waals surface area contributed by atoms with Gasteiger partial charge >= 0.3 is 0 Å². The first-order valence-corrected chi connectivity index (χ1v) is 19.1. The molecule has 0 heterocycles. The quantitative estimate of drug-likeness (QED) is 0.189. The molecule has 0 saturated heterocycles. The third kappa shape index (κ3) is 3.48. The van der Waals surface area contributed by atoms with Crippen LogP contribution in [0.1, 0.15) is 88.5 Å². The van der Waals surface area contributed by atoms with Crippen molar-refractivity contribution in [1.29, 1.82) is 0 Å².